The molecule has 1 amide bonds. The second-order valence-electron chi connectivity index (χ2n) is 5.25. The number of amides is 1. The van der Waals surface area contributed by atoms with Gasteiger partial charge in [-0.05, 0) is 44.7 Å². The summed E-state index contributed by atoms with van der Waals surface area (Å²) in [6, 6.07) is 3.25. The first-order valence-electron chi connectivity index (χ1n) is 7.18. The highest BCUT2D eigenvalue weighted by Gasteiger charge is 2.21. The van der Waals surface area contributed by atoms with Crippen LogP contribution in [0.3, 0.4) is 0 Å². The summed E-state index contributed by atoms with van der Waals surface area (Å²) >= 11 is 0. The van der Waals surface area contributed by atoms with E-state index in [-0.39, 0.29) is 5.56 Å². The fourth-order valence-electron chi connectivity index (χ4n) is 2.25. The summed E-state index contributed by atoms with van der Waals surface area (Å²) in [6.07, 6.45) is 8.36. The summed E-state index contributed by atoms with van der Waals surface area (Å²) < 4.78 is 26.7. The van der Waals surface area contributed by atoms with Crippen molar-refractivity contribution in [2.24, 2.45) is 0 Å². The lowest BCUT2D eigenvalue weighted by Crippen LogP contribution is -2.31. The molecule has 0 fully saturated rings. The molecule has 0 aliphatic heterocycles. The maximum atomic E-state index is 12.3. The average Bonchev–Trinajstić information content (AvgIpc) is 2.37. The summed E-state index contributed by atoms with van der Waals surface area (Å²) in [4.78, 5) is 16.3. The minimum absolute atomic E-state index is 0.246. The maximum Gasteiger partial charge on any atom is 0.266 e. The Morgan fingerprint density at radius 2 is 1.95 bits per heavy atom. The fourth-order valence-corrected chi connectivity index (χ4v) is 3.50. The number of carbonyl (C=O) groups excluding carboxylic acids is 1. The molecule has 0 aromatic carbocycles. The third-order valence-corrected chi connectivity index (χ3v) is 5.01. The molecular weight excluding hydrogens is 288 g/mol. The Labute approximate surface area is 125 Å². The summed E-state index contributed by atoms with van der Waals surface area (Å²) in [7, 11) is -3.75. The smallest absolute Gasteiger partial charge is 0.266 e. The van der Waals surface area contributed by atoms with Crippen molar-refractivity contribution in [3.63, 3.8) is 0 Å². The number of rotatable bonds is 3. The zero-order valence-electron chi connectivity index (χ0n) is 12.1. The summed E-state index contributed by atoms with van der Waals surface area (Å²) in [6.45, 7) is 1.80. The van der Waals surface area contributed by atoms with Gasteiger partial charge in [0, 0.05) is 11.9 Å². The zero-order valence-corrected chi connectivity index (χ0v) is 12.9. The molecule has 1 aromatic heterocycles. The lowest BCUT2D eigenvalue weighted by atomic mass is 10.1. The first-order chi connectivity index (χ1) is 9.99. The Balaban J connectivity index is 2.12. The number of hydrogen-bond donors (Lipinski definition) is 1. The van der Waals surface area contributed by atoms with Crippen LogP contribution in [0.15, 0.2) is 29.3 Å². The number of pyridine rings is 1. The maximum absolute atomic E-state index is 12.3. The normalized spacial score (nSPS) is 16.5. The van der Waals surface area contributed by atoms with Crippen LogP contribution in [0.25, 0.3) is 0 Å². The number of aryl methyl sites for hydroxylation is 1. The van der Waals surface area contributed by atoms with Crippen LogP contribution in [0, 0.1) is 6.92 Å². The van der Waals surface area contributed by atoms with E-state index in [1.54, 1.807) is 25.1 Å². The van der Waals surface area contributed by atoms with E-state index in [0.717, 1.165) is 37.8 Å². The average molecular weight is 308 g/mol. The lowest BCUT2D eigenvalue weighted by molar-refractivity contribution is 0.0981. The van der Waals surface area contributed by atoms with Crippen molar-refractivity contribution in [1.82, 2.24) is 9.71 Å². The second-order valence-corrected chi connectivity index (χ2v) is 6.98. The van der Waals surface area contributed by atoms with Gasteiger partial charge < -0.3 is 0 Å². The Bertz CT molecular complexity index is 633. The van der Waals surface area contributed by atoms with E-state index in [1.807, 2.05) is 0 Å². The minimum atomic E-state index is -3.75. The molecule has 0 bridgehead atoms. The number of aromatic nitrogens is 1. The molecule has 0 unspecified atom stereocenters. The highest BCUT2D eigenvalue weighted by Crippen LogP contribution is 2.20. The predicted molar refractivity (Wildman–Crippen MR) is 81.1 cm³/mol. The molecule has 114 valence electrons. The number of carbonyl (C=O) groups is 1. The molecule has 1 aliphatic carbocycles. The van der Waals surface area contributed by atoms with Crippen molar-refractivity contribution in [2.45, 2.75) is 45.4 Å². The van der Waals surface area contributed by atoms with Crippen LogP contribution in [0.5, 0.6) is 0 Å². The van der Waals surface area contributed by atoms with Gasteiger partial charge in [-0.3, -0.25) is 9.78 Å². The third-order valence-electron chi connectivity index (χ3n) is 3.50. The van der Waals surface area contributed by atoms with Crippen molar-refractivity contribution in [3.05, 3.63) is 40.6 Å². The third kappa shape index (κ3) is 4.39. The van der Waals surface area contributed by atoms with Gasteiger partial charge in [-0.25, -0.2) is 13.1 Å². The van der Waals surface area contributed by atoms with Crippen molar-refractivity contribution in [2.75, 3.05) is 0 Å². The van der Waals surface area contributed by atoms with Crippen LogP contribution in [-0.4, -0.2) is 19.3 Å². The number of hydrogen-bond acceptors (Lipinski definition) is 4. The van der Waals surface area contributed by atoms with Crippen molar-refractivity contribution < 1.29 is 13.2 Å². The monoisotopic (exact) mass is 308 g/mol. The summed E-state index contributed by atoms with van der Waals surface area (Å²) in [5.74, 6) is -0.634. The first kappa shape index (κ1) is 15.7. The Morgan fingerprint density at radius 3 is 2.67 bits per heavy atom. The van der Waals surface area contributed by atoms with E-state index in [1.165, 1.54) is 6.20 Å². The predicted octanol–water partition coefficient (Wildman–Crippen LogP) is 2.69. The Kier molecular flexibility index (Phi) is 5.12. The second kappa shape index (κ2) is 6.85. The van der Waals surface area contributed by atoms with Crippen LogP contribution in [-0.2, 0) is 10.0 Å². The molecule has 5 nitrogen and oxygen atoms in total. The summed E-state index contributed by atoms with van der Waals surface area (Å²) in [5.41, 5.74) is 1.02. The molecule has 0 saturated heterocycles. The van der Waals surface area contributed by atoms with E-state index >= 15 is 0 Å². The molecule has 1 heterocycles. The molecule has 0 radical (unpaired) electrons. The Morgan fingerprint density at radius 1 is 1.19 bits per heavy atom. The molecular formula is C15H20N2O3S. The molecule has 21 heavy (non-hydrogen) atoms. The SMILES string of the molecule is Cc1ccc(C(=O)NS(=O)(=O)C2=CCCCCCC2)cn1. The van der Waals surface area contributed by atoms with Crippen LogP contribution in [0.2, 0.25) is 0 Å². The lowest BCUT2D eigenvalue weighted by Gasteiger charge is -2.13. The summed E-state index contributed by atoms with van der Waals surface area (Å²) in [5, 5.41) is 0. The highest BCUT2D eigenvalue weighted by molar-refractivity contribution is 7.93. The van der Waals surface area contributed by atoms with Crippen LogP contribution < -0.4 is 4.72 Å². The standard InChI is InChI=1S/C15H20N2O3S/c1-12-9-10-13(11-16-12)15(18)17-21(19,20)14-7-5-3-2-4-6-8-14/h7,9-11H,2-6,8H2,1H3,(H,17,18). The first-order valence-corrected chi connectivity index (χ1v) is 8.66. The van der Waals surface area contributed by atoms with Gasteiger partial charge >= 0.3 is 0 Å². The van der Waals surface area contributed by atoms with E-state index in [9.17, 15) is 13.2 Å². The molecule has 2 rings (SSSR count). The van der Waals surface area contributed by atoms with E-state index in [0.29, 0.717) is 11.3 Å². The molecule has 1 aliphatic rings. The minimum Gasteiger partial charge on any atom is -0.268 e. The quantitative estimate of drug-likeness (QED) is 0.931. The molecule has 1 aromatic rings. The van der Waals surface area contributed by atoms with Crippen LogP contribution in [0.1, 0.15) is 54.6 Å². The van der Waals surface area contributed by atoms with Gasteiger partial charge in [-0.2, -0.15) is 0 Å². The van der Waals surface area contributed by atoms with Gasteiger partial charge in [0.05, 0.1) is 10.5 Å². The fraction of sp³-hybridized carbons (Fsp3) is 0.467. The molecule has 6 heteroatoms. The van der Waals surface area contributed by atoms with Gasteiger partial charge in [-0.15, -0.1) is 0 Å². The molecule has 0 spiro atoms. The van der Waals surface area contributed by atoms with Crippen LogP contribution >= 0.6 is 0 Å². The zero-order chi connectivity index (χ0) is 15.3. The number of nitrogens with one attached hydrogen (secondary N) is 1. The van der Waals surface area contributed by atoms with Crippen LogP contribution in [0.4, 0.5) is 0 Å². The molecule has 0 atom stereocenters. The van der Waals surface area contributed by atoms with E-state index < -0.39 is 15.9 Å². The van der Waals surface area contributed by atoms with E-state index in [2.05, 4.69) is 9.71 Å². The number of allylic oxidation sites excluding steroid dienone is 2. The topological polar surface area (TPSA) is 76.1 Å². The molecule has 1 N–H and O–H groups in total. The van der Waals surface area contributed by atoms with Crippen molar-refractivity contribution >= 4 is 15.9 Å². The highest BCUT2D eigenvalue weighted by atomic mass is 32.2. The van der Waals surface area contributed by atoms with Crippen molar-refractivity contribution in [1.29, 1.82) is 0 Å². The van der Waals surface area contributed by atoms with Gasteiger partial charge in [-0.1, -0.05) is 18.9 Å². The molecule has 0 saturated carbocycles. The van der Waals surface area contributed by atoms with Gasteiger partial charge in [0.1, 0.15) is 0 Å². The van der Waals surface area contributed by atoms with E-state index in [4.69, 9.17) is 0 Å². The van der Waals surface area contributed by atoms with Gasteiger partial charge in [0.25, 0.3) is 15.9 Å². The van der Waals surface area contributed by atoms with Crippen molar-refractivity contribution in [3.8, 4) is 0 Å². The number of sulfonamides is 1. The number of nitrogens with zero attached hydrogens (tertiary/aromatic N) is 1. The van der Waals surface area contributed by atoms with Gasteiger partial charge in [0.2, 0.25) is 0 Å². The largest absolute Gasteiger partial charge is 0.268 e. The Hall–Kier alpha value is -1.69. The van der Waals surface area contributed by atoms with Gasteiger partial charge in [0.15, 0.2) is 0 Å².